The van der Waals surface area contributed by atoms with E-state index in [2.05, 4.69) is 11.1 Å². The smallest absolute Gasteiger partial charge is 0.277 e. The Morgan fingerprint density at radius 3 is 2.40 bits per heavy atom. The molecule has 0 spiro atoms. The number of hydrogen-bond acceptors (Lipinski definition) is 5. The van der Waals surface area contributed by atoms with Gasteiger partial charge in [-0.25, -0.2) is 4.39 Å². The highest BCUT2D eigenvalue weighted by atomic mass is 19.1. The number of amides is 1. The maximum Gasteiger partial charge on any atom is 0.277 e. The number of nitrogens with two attached hydrogens (primary N) is 1. The lowest BCUT2D eigenvalue weighted by Crippen LogP contribution is -2.42. The van der Waals surface area contributed by atoms with Crippen LogP contribution in [0.5, 0.6) is 0 Å². The molecular weight excluding hydrogens is 445 g/mol. The fourth-order valence-corrected chi connectivity index (χ4v) is 4.15. The number of aromatic nitrogens is 2. The van der Waals surface area contributed by atoms with Crippen molar-refractivity contribution in [1.82, 2.24) is 14.5 Å². The molecule has 3 rings (SSSR count). The molecule has 0 saturated heterocycles. The number of carbonyl (C=O) groups is 1. The van der Waals surface area contributed by atoms with E-state index in [0.29, 0.717) is 37.4 Å². The maximum atomic E-state index is 13.6. The van der Waals surface area contributed by atoms with Crippen LogP contribution in [0.2, 0.25) is 0 Å². The van der Waals surface area contributed by atoms with Crippen molar-refractivity contribution >= 4 is 5.91 Å². The molecule has 1 aromatic heterocycles. The fraction of sp³-hybridized carbons (Fsp3) is 0.333. The Morgan fingerprint density at radius 1 is 1.17 bits per heavy atom. The second-order valence-electron chi connectivity index (χ2n) is 8.77. The molecule has 0 aliphatic rings. The SMILES string of the molecule is Cc1c(C#N)n(Cc2ccccc2)c(C(C(C)C)N(CCCN)C(=O)c2ccc(F)cc2)nc1=O. The third kappa shape index (κ3) is 5.81. The minimum atomic E-state index is -0.622. The first-order chi connectivity index (χ1) is 16.8. The van der Waals surface area contributed by atoms with E-state index in [4.69, 9.17) is 5.73 Å². The molecule has 0 radical (unpaired) electrons. The molecule has 0 fully saturated rings. The fourth-order valence-electron chi connectivity index (χ4n) is 4.15. The largest absolute Gasteiger partial charge is 0.330 e. The second kappa shape index (κ2) is 11.5. The van der Waals surface area contributed by atoms with Crippen molar-refractivity contribution in [2.45, 2.75) is 39.8 Å². The second-order valence-corrected chi connectivity index (χ2v) is 8.77. The van der Waals surface area contributed by atoms with Crippen LogP contribution in [0, 0.1) is 30.0 Å². The third-order valence-electron chi connectivity index (χ3n) is 5.91. The quantitative estimate of drug-likeness (QED) is 0.507. The van der Waals surface area contributed by atoms with Gasteiger partial charge in [0.25, 0.3) is 11.5 Å². The van der Waals surface area contributed by atoms with Gasteiger partial charge in [-0.2, -0.15) is 10.2 Å². The molecule has 8 heteroatoms. The molecule has 2 N–H and O–H groups in total. The van der Waals surface area contributed by atoms with Crippen molar-refractivity contribution in [2.75, 3.05) is 13.1 Å². The number of halogens is 1. The molecule has 7 nitrogen and oxygen atoms in total. The first kappa shape index (κ1) is 25.8. The Morgan fingerprint density at radius 2 is 1.83 bits per heavy atom. The summed E-state index contributed by atoms with van der Waals surface area (Å²) in [6.07, 6.45) is 0.524. The van der Waals surface area contributed by atoms with Gasteiger partial charge in [0.05, 0.1) is 18.2 Å². The lowest BCUT2D eigenvalue weighted by atomic mass is 9.98. The summed E-state index contributed by atoms with van der Waals surface area (Å²) in [6.45, 7) is 6.43. The van der Waals surface area contributed by atoms with Crippen LogP contribution in [0.25, 0.3) is 0 Å². The summed E-state index contributed by atoms with van der Waals surface area (Å²) in [5, 5.41) is 9.97. The van der Waals surface area contributed by atoms with Crippen LogP contribution in [0.15, 0.2) is 59.4 Å². The van der Waals surface area contributed by atoms with E-state index < -0.39 is 17.4 Å². The predicted molar refractivity (Wildman–Crippen MR) is 132 cm³/mol. The number of hydrogen-bond donors (Lipinski definition) is 1. The van der Waals surface area contributed by atoms with Crippen LogP contribution >= 0.6 is 0 Å². The summed E-state index contributed by atoms with van der Waals surface area (Å²) in [5.41, 5.74) is 6.98. The summed E-state index contributed by atoms with van der Waals surface area (Å²) in [7, 11) is 0. The molecule has 182 valence electrons. The molecule has 1 amide bonds. The van der Waals surface area contributed by atoms with E-state index in [0.717, 1.165) is 5.56 Å². The van der Waals surface area contributed by atoms with Gasteiger partial charge in [0.1, 0.15) is 23.4 Å². The number of benzene rings is 2. The number of rotatable bonds is 9. The molecule has 0 saturated carbocycles. The van der Waals surface area contributed by atoms with Gasteiger partial charge < -0.3 is 15.2 Å². The van der Waals surface area contributed by atoms with Gasteiger partial charge in [0, 0.05) is 12.1 Å². The van der Waals surface area contributed by atoms with Crippen molar-refractivity contribution in [3.05, 3.63) is 99.0 Å². The average Bonchev–Trinajstić information content (AvgIpc) is 2.85. The van der Waals surface area contributed by atoms with Crippen LogP contribution in [0.3, 0.4) is 0 Å². The third-order valence-corrected chi connectivity index (χ3v) is 5.91. The Balaban J connectivity index is 2.22. The molecule has 0 aliphatic heterocycles. The summed E-state index contributed by atoms with van der Waals surface area (Å²) < 4.78 is 15.2. The highest BCUT2D eigenvalue weighted by Crippen LogP contribution is 2.30. The van der Waals surface area contributed by atoms with Crippen LogP contribution < -0.4 is 11.3 Å². The van der Waals surface area contributed by atoms with E-state index in [-0.39, 0.29) is 23.1 Å². The Kier molecular flexibility index (Phi) is 8.50. The standard InChI is InChI=1S/C27H30FN5O2/c1-18(2)24(32(15-7-14-29)27(35)21-10-12-22(28)13-11-21)25-31-26(34)19(3)23(16-30)33(25)17-20-8-5-4-6-9-20/h4-6,8-13,18,24H,7,14-15,17,29H2,1-3H3. The van der Waals surface area contributed by atoms with E-state index in [1.54, 1.807) is 16.4 Å². The average molecular weight is 476 g/mol. The van der Waals surface area contributed by atoms with Crippen molar-refractivity contribution in [2.24, 2.45) is 11.7 Å². The zero-order chi connectivity index (χ0) is 25.5. The molecule has 2 aromatic carbocycles. The van der Waals surface area contributed by atoms with E-state index in [1.807, 2.05) is 44.2 Å². The molecular formula is C27H30FN5O2. The summed E-state index contributed by atoms with van der Waals surface area (Å²) >= 11 is 0. The monoisotopic (exact) mass is 475 g/mol. The molecule has 1 heterocycles. The summed E-state index contributed by atoms with van der Waals surface area (Å²) in [6, 6.07) is 16.4. The first-order valence-corrected chi connectivity index (χ1v) is 11.6. The molecule has 35 heavy (non-hydrogen) atoms. The van der Waals surface area contributed by atoms with Gasteiger partial charge >= 0.3 is 0 Å². The highest BCUT2D eigenvalue weighted by Gasteiger charge is 2.33. The van der Waals surface area contributed by atoms with Gasteiger partial charge in [-0.3, -0.25) is 9.59 Å². The van der Waals surface area contributed by atoms with Gasteiger partial charge in [0.15, 0.2) is 0 Å². The van der Waals surface area contributed by atoms with E-state index >= 15 is 0 Å². The summed E-state index contributed by atoms with van der Waals surface area (Å²) in [4.78, 5) is 32.5. The van der Waals surface area contributed by atoms with Gasteiger partial charge in [-0.1, -0.05) is 44.2 Å². The van der Waals surface area contributed by atoms with E-state index in [9.17, 15) is 19.2 Å². The topological polar surface area (TPSA) is 105 Å². The number of nitrogens with zero attached hydrogens (tertiary/aromatic N) is 4. The first-order valence-electron chi connectivity index (χ1n) is 11.6. The highest BCUT2D eigenvalue weighted by molar-refractivity contribution is 5.94. The van der Waals surface area contributed by atoms with Crippen LogP contribution in [-0.2, 0) is 6.54 Å². The normalized spacial score (nSPS) is 11.8. The van der Waals surface area contributed by atoms with Gasteiger partial charge in [-0.15, -0.1) is 0 Å². The Labute approximate surface area is 204 Å². The molecule has 1 atom stereocenters. The zero-order valence-corrected chi connectivity index (χ0v) is 20.2. The molecule has 0 bridgehead atoms. The Hall–Kier alpha value is -3.83. The van der Waals surface area contributed by atoms with Crippen molar-refractivity contribution < 1.29 is 9.18 Å². The minimum Gasteiger partial charge on any atom is -0.330 e. The van der Waals surface area contributed by atoms with Crippen LogP contribution in [0.4, 0.5) is 4.39 Å². The molecule has 0 aliphatic carbocycles. The van der Waals surface area contributed by atoms with Gasteiger partial charge in [-0.05, 0) is 55.6 Å². The molecule has 3 aromatic rings. The lowest BCUT2D eigenvalue weighted by Gasteiger charge is -2.36. The number of carbonyl (C=O) groups excluding carboxylic acids is 1. The van der Waals surface area contributed by atoms with Crippen molar-refractivity contribution in [3.63, 3.8) is 0 Å². The Bertz CT molecular complexity index is 1260. The summed E-state index contributed by atoms with van der Waals surface area (Å²) in [5.74, 6) is -0.577. The maximum absolute atomic E-state index is 13.6. The van der Waals surface area contributed by atoms with Crippen molar-refractivity contribution in [3.8, 4) is 6.07 Å². The predicted octanol–water partition coefficient (Wildman–Crippen LogP) is 3.80. The van der Waals surface area contributed by atoms with Gasteiger partial charge in [0.2, 0.25) is 0 Å². The minimum absolute atomic E-state index is 0.152. The van der Waals surface area contributed by atoms with Crippen LogP contribution in [-0.4, -0.2) is 33.4 Å². The van der Waals surface area contributed by atoms with E-state index in [1.165, 1.54) is 24.3 Å². The number of nitriles is 1. The zero-order valence-electron chi connectivity index (χ0n) is 20.2. The lowest BCUT2D eigenvalue weighted by molar-refractivity contribution is 0.0602. The van der Waals surface area contributed by atoms with Crippen molar-refractivity contribution in [1.29, 1.82) is 5.26 Å². The van der Waals surface area contributed by atoms with Crippen LogP contribution in [0.1, 0.15) is 59.3 Å². The molecule has 1 unspecified atom stereocenters.